The molecule has 0 saturated carbocycles. The maximum absolute atomic E-state index is 13.0. The SMILES string of the molecule is CCC(C)(N)C(=O)Nc1ccc(F)c(Br)c1. The van der Waals surface area contributed by atoms with Crippen molar-refractivity contribution in [3.05, 3.63) is 28.5 Å². The van der Waals surface area contributed by atoms with E-state index in [2.05, 4.69) is 21.2 Å². The third-order valence-corrected chi connectivity index (χ3v) is 3.04. The lowest BCUT2D eigenvalue weighted by molar-refractivity contribution is -0.120. The lowest BCUT2D eigenvalue weighted by atomic mass is 9.99. The summed E-state index contributed by atoms with van der Waals surface area (Å²) in [6.45, 7) is 3.49. The second-order valence-electron chi connectivity index (χ2n) is 3.85. The second kappa shape index (κ2) is 4.93. The average molecular weight is 289 g/mol. The number of benzene rings is 1. The maximum Gasteiger partial charge on any atom is 0.244 e. The van der Waals surface area contributed by atoms with Crippen LogP contribution in [-0.2, 0) is 4.79 Å². The zero-order chi connectivity index (χ0) is 12.3. The van der Waals surface area contributed by atoms with Gasteiger partial charge < -0.3 is 11.1 Å². The van der Waals surface area contributed by atoms with Crippen molar-refractivity contribution >= 4 is 27.5 Å². The van der Waals surface area contributed by atoms with E-state index in [1.54, 1.807) is 6.92 Å². The fourth-order valence-corrected chi connectivity index (χ4v) is 1.39. The number of carbonyl (C=O) groups is 1. The van der Waals surface area contributed by atoms with Crippen molar-refractivity contribution in [2.24, 2.45) is 5.73 Å². The number of nitrogens with two attached hydrogens (primary N) is 1. The van der Waals surface area contributed by atoms with Crippen LogP contribution in [0.5, 0.6) is 0 Å². The molecule has 1 amide bonds. The molecule has 0 aromatic heterocycles. The van der Waals surface area contributed by atoms with Crippen molar-refractivity contribution in [2.75, 3.05) is 5.32 Å². The monoisotopic (exact) mass is 288 g/mol. The minimum absolute atomic E-state index is 0.284. The van der Waals surface area contributed by atoms with E-state index in [-0.39, 0.29) is 11.7 Å². The normalized spacial score (nSPS) is 14.3. The molecule has 0 bridgehead atoms. The summed E-state index contributed by atoms with van der Waals surface area (Å²) in [5, 5.41) is 2.64. The van der Waals surface area contributed by atoms with Gasteiger partial charge in [-0.1, -0.05) is 6.92 Å². The Balaban J connectivity index is 2.82. The van der Waals surface area contributed by atoms with Crippen LogP contribution >= 0.6 is 15.9 Å². The Bertz CT molecular complexity index is 407. The Morgan fingerprint density at radius 3 is 2.75 bits per heavy atom. The molecule has 88 valence electrons. The van der Waals surface area contributed by atoms with E-state index < -0.39 is 5.54 Å². The predicted octanol–water partition coefficient (Wildman–Crippen LogP) is 2.65. The molecule has 1 rings (SSSR count). The predicted molar refractivity (Wildman–Crippen MR) is 65.6 cm³/mol. The van der Waals surface area contributed by atoms with Gasteiger partial charge in [-0.3, -0.25) is 4.79 Å². The highest BCUT2D eigenvalue weighted by atomic mass is 79.9. The first-order chi connectivity index (χ1) is 7.36. The quantitative estimate of drug-likeness (QED) is 0.898. The molecule has 1 unspecified atom stereocenters. The minimum atomic E-state index is -0.916. The molecule has 1 aromatic rings. The van der Waals surface area contributed by atoms with Gasteiger partial charge in [-0.15, -0.1) is 0 Å². The Morgan fingerprint density at radius 2 is 2.25 bits per heavy atom. The van der Waals surface area contributed by atoms with Crippen molar-refractivity contribution in [3.8, 4) is 0 Å². The van der Waals surface area contributed by atoms with Crippen LogP contribution in [0.1, 0.15) is 20.3 Å². The van der Waals surface area contributed by atoms with Crippen molar-refractivity contribution in [3.63, 3.8) is 0 Å². The standard InChI is InChI=1S/C11H14BrFN2O/c1-3-11(2,14)10(16)15-7-4-5-9(13)8(12)6-7/h4-6H,3,14H2,1-2H3,(H,15,16). The molecule has 0 fully saturated rings. The van der Waals surface area contributed by atoms with Gasteiger partial charge in [-0.25, -0.2) is 4.39 Å². The van der Waals surface area contributed by atoms with Gasteiger partial charge in [0.1, 0.15) is 5.82 Å². The Kier molecular flexibility index (Phi) is 4.04. The highest BCUT2D eigenvalue weighted by Crippen LogP contribution is 2.20. The molecule has 3 nitrogen and oxygen atoms in total. The van der Waals surface area contributed by atoms with Crippen LogP contribution < -0.4 is 11.1 Å². The Morgan fingerprint density at radius 1 is 1.62 bits per heavy atom. The first-order valence-electron chi connectivity index (χ1n) is 4.92. The van der Waals surface area contributed by atoms with Crippen LogP contribution in [0.2, 0.25) is 0 Å². The van der Waals surface area contributed by atoms with E-state index in [0.717, 1.165) is 0 Å². The molecule has 3 N–H and O–H groups in total. The number of amides is 1. The summed E-state index contributed by atoms with van der Waals surface area (Å²) < 4.78 is 13.3. The molecule has 1 atom stereocenters. The number of hydrogen-bond acceptors (Lipinski definition) is 2. The number of halogens is 2. The fraction of sp³-hybridized carbons (Fsp3) is 0.364. The zero-order valence-corrected chi connectivity index (χ0v) is 10.8. The maximum atomic E-state index is 13.0. The fourth-order valence-electron chi connectivity index (χ4n) is 1.01. The molecule has 0 aliphatic carbocycles. The van der Waals surface area contributed by atoms with Crippen molar-refractivity contribution in [2.45, 2.75) is 25.8 Å². The number of hydrogen-bond donors (Lipinski definition) is 2. The van der Waals surface area contributed by atoms with E-state index in [0.29, 0.717) is 16.6 Å². The molecule has 5 heteroatoms. The summed E-state index contributed by atoms with van der Waals surface area (Å²) >= 11 is 3.05. The highest BCUT2D eigenvalue weighted by molar-refractivity contribution is 9.10. The van der Waals surface area contributed by atoms with Crippen molar-refractivity contribution in [1.29, 1.82) is 0 Å². The van der Waals surface area contributed by atoms with Gasteiger partial charge in [0.05, 0.1) is 10.0 Å². The van der Waals surface area contributed by atoms with Gasteiger partial charge in [-0.05, 0) is 47.5 Å². The second-order valence-corrected chi connectivity index (χ2v) is 4.71. The molecule has 0 aliphatic heterocycles. The molecule has 0 heterocycles. The molecule has 16 heavy (non-hydrogen) atoms. The van der Waals surface area contributed by atoms with Crippen LogP contribution in [0, 0.1) is 5.82 Å². The third kappa shape index (κ3) is 3.02. The minimum Gasteiger partial charge on any atom is -0.324 e. The number of nitrogens with one attached hydrogen (secondary N) is 1. The van der Waals surface area contributed by atoms with E-state index in [1.807, 2.05) is 6.92 Å². The Labute approximate surface area is 102 Å². The van der Waals surface area contributed by atoms with Gasteiger partial charge in [0.15, 0.2) is 0 Å². The van der Waals surface area contributed by atoms with Crippen LogP contribution in [0.3, 0.4) is 0 Å². The molecule has 0 spiro atoms. The average Bonchev–Trinajstić information content (AvgIpc) is 2.23. The van der Waals surface area contributed by atoms with Crippen molar-refractivity contribution in [1.82, 2.24) is 0 Å². The smallest absolute Gasteiger partial charge is 0.244 e. The lowest BCUT2D eigenvalue weighted by Gasteiger charge is -2.21. The summed E-state index contributed by atoms with van der Waals surface area (Å²) in [4.78, 5) is 11.7. The molecule has 0 saturated heterocycles. The van der Waals surface area contributed by atoms with Gasteiger partial charge in [0, 0.05) is 5.69 Å². The zero-order valence-electron chi connectivity index (χ0n) is 9.18. The van der Waals surface area contributed by atoms with Gasteiger partial charge >= 0.3 is 0 Å². The van der Waals surface area contributed by atoms with Gasteiger partial charge in [-0.2, -0.15) is 0 Å². The van der Waals surface area contributed by atoms with Crippen LogP contribution in [0.25, 0.3) is 0 Å². The van der Waals surface area contributed by atoms with Gasteiger partial charge in [0.2, 0.25) is 5.91 Å². The number of rotatable bonds is 3. The summed E-state index contributed by atoms with van der Waals surface area (Å²) in [7, 11) is 0. The number of carbonyl (C=O) groups excluding carboxylic acids is 1. The molecule has 0 radical (unpaired) electrons. The topological polar surface area (TPSA) is 55.1 Å². The van der Waals surface area contributed by atoms with Gasteiger partial charge in [0.25, 0.3) is 0 Å². The largest absolute Gasteiger partial charge is 0.324 e. The Hall–Kier alpha value is -0.940. The molecule has 0 aliphatic rings. The first kappa shape index (κ1) is 13.1. The van der Waals surface area contributed by atoms with E-state index in [9.17, 15) is 9.18 Å². The highest BCUT2D eigenvalue weighted by Gasteiger charge is 2.25. The van der Waals surface area contributed by atoms with Crippen LogP contribution in [0.15, 0.2) is 22.7 Å². The summed E-state index contributed by atoms with van der Waals surface area (Å²) in [5.41, 5.74) is 5.38. The summed E-state index contributed by atoms with van der Waals surface area (Å²) in [5.74, 6) is -0.655. The summed E-state index contributed by atoms with van der Waals surface area (Å²) in [6.07, 6.45) is 0.529. The van der Waals surface area contributed by atoms with Crippen molar-refractivity contribution < 1.29 is 9.18 Å². The molecule has 1 aromatic carbocycles. The van der Waals surface area contributed by atoms with Crippen LogP contribution in [-0.4, -0.2) is 11.4 Å². The molecular formula is C11H14BrFN2O. The van der Waals surface area contributed by atoms with E-state index in [1.165, 1.54) is 18.2 Å². The van der Waals surface area contributed by atoms with E-state index >= 15 is 0 Å². The van der Waals surface area contributed by atoms with Crippen LogP contribution in [0.4, 0.5) is 10.1 Å². The van der Waals surface area contributed by atoms with E-state index in [4.69, 9.17) is 5.73 Å². The molecular weight excluding hydrogens is 275 g/mol. The third-order valence-electron chi connectivity index (χ3n) is 2.43. The first-order valence-corrected chi connectivity index (χ1v) is 5.71. The summed E-state index contributed by atoms with van der Waals surface area (Å²) in [6, 6.07) is 4.27. The number of anilines is 1. The lowest BCUT2D eigenvalue weighted by Crippen LogP contribution is -2.47.